The van der Waals surface area contributed by atoms with Gasteiger partial charge >= 0.3 is 5.97 Å². The van der Waals surface area contributed by atoms with Crippen LogP contribution in [0.25, 0.3) is 0 Å². The summed E-state index contributed by atoms with van der Waals surface area (Å²) >= 11 is 0. The normalized spacial score (nSPS) is 10.3. The van der Waals surface area contributed by atoms with E-state index in [0.29, 0.717) is 5.56 Å². The van der Waals surface area contributed by atoms with Crippen LogP contribution in [0, 0.1) is 24.0 Å². The molecule has 2 rings (SSSR count). The average molecular weight is 299 g/mol. The van der Waals surface area contributed by atoms with Crippen molar-refractivity contribution in [3.63, 3.8) is 0 Å². The fourth-order valence-corrected chi connectivity index (χ4v) is 2.12. The summed E-state index contributed by atoms with van der Waals surface area (Å²) in [7, 11) is 0. The van der Waals surface area contributed by atoms with Gasteiger partial charge < -0.3 is 4.74 Å². The summed E-state index contributed by atoms with van der Waals surface area (Å²) in [6, 6.07) is 12.4. The van der Waals surface area contributed by atoms with Gasteiger partial charge in [0, 0.05) is 6.07 Å². The molecule has 0 atom stereocenters. The highest BCUT2D eigenvalue weighted by atomic mass is 16.6. The van der Waals surface area contributed by atoms with E-state index in [0.717, 1.165) is 16.7 Å². The quantitative estimate of drug-likeness (QED) is 0.481. The Bertz CT molecular complexity index is 692. The van der Waals surface area contributed by atoms with Crippen LogP contribution in [0.15, 0.2) is 42.5 Å². The first-order valence-corrected chi connectivity index (χ1v) is 6.91. The lowest BCUT2D eigenvalue weighted by Crippen LogP contribution is -2.09. The molecule has 0 N–H and O–H groups in total. The van der Waals surface area contributed by atoms with Gasteiger partial charge in [0.2, 0.25) is 0 Å². The number of esters is 1. The van der Waals surface area contributed by atoms with E-state index < -0.39 is 10.9 Å². The Hall–Kier alpha value is -2.69. The van der Waals surface area contributed by atoms with E-state index in [1.54, 1.807) is 19.1 Å². The van der Waals surface area contributed by atoms with Gasteiger partial charge in [-0.25, -0.2) is 0 Å². The van der Waals surface area contributed by atoms with Crippen molar-refractivity contribution in [3.05, 3.63) is 74.8 Å². The van der Waals surface area contributed by atoms with Crippen LogP contribution in [0.1, 0.15) is 22.3 Å². The first-order valence-electron chi connectivity index (χ1n) is 6.91. The fourth-order valence-electron chi connectivity index (χ4n) is 2.12. The highest BCUT2D eigenvalue weighted by molar-refractivity contribution is 5.72. The van der Waals surface area contributed by atoms with E-state index in [2.05, 4.69) is 0 Å². The zero-order valence-corrected chi connectivity index (χ0v) is 12.5. The van der Waals surface area contributed by atoms with Crippen molar-refractivity contribution in [1.29, 1.82) is 0 Å². The maximum Gasteiger partial charge on any atom is 0.310 e. The van der Waals surface area contributed by atoms with Crippen LogP contribution in [0.2, 0.25) is 0 Å². The lowest BCUT2D eigenvalue weighted by Gasteiger charge is -2.08. The maximum atomic E-state index is 11.9. The van der Waals surface area contributed by atoms with E-state index >= 15 is 0 Å². The van der Waals surface area contributed by atoms with Gasteiger partial charge in [-0.1, -0.05) is 42.0 Å². The summed E-state index contributed by atoms with van der Waals surface area (Å²) in [4.78, 5) is 22.4. The molecule has 0 saturated carbocycles. The van der Waals surface area contributed by atoms with Crippen molar-refractivity contribution >= 4 is 11.7 Å². The molecule has 0 unspecified atom stereocenters. The predicted octanol–water partition coefficient (Wildman–Crippen LogP) is 3.50. The molecule has 0 heterocycles. The monoisotopic (exact) mass is 299 g/mol. The Morgan fingerprint density at radius 2 is 1.82 bits per heavy atom. The number of hydrogen-bond acceptors (Lipinski definition) is 4. The standard InChI is InChI=1S/C17H17NO4/c1-12-6-8-14(9-7-12)10-17(19)22-11-15-13(2)4-3-5-16(15)18(20)21/h3-9H,10-11H2,1-2H3. The minimum atomic E-state index is -0.462. The van der Waals surface area contributed by atoms with Gasteiger partial charge in [-0.2, -0.15) is 0 Å². The Kier molecular flexibility index (Phi) is 4.88. The molecule has 0 bridgehead atoms. The largest absolute Gasteiger partial charge is 0.460 e. The zero-order valence-electron chi connectivity index (χ0n) is 12.5. The predicted molar refractivity (Wildman–Crippen MR) is 82.5 cm³/mol. The molecule has 0 aliphatic carbocycles. The molecule has 0 aliphatic rings. The molecule has 2 aromatic rings. The third-order valence-electron chi connectivity index (χ3n) is 3.43. The van der Waals surface area contributed by atoms with E-state index in [1.807, 2.05) is 31.2 Å². The number of carbonyl (C=O) groups excluding carboxylic acids is 1. The number of hydrogen-bond donors (Lipinski definition) is 0. The molecule has 0 radical (unpaired) electrons. The number of nitrogens with zero attached hydrogens (tertiary/aromatic N) is 1. The second-order valence-electron chi connectivity index (χ2n) is 5.15. The van der Waals surface area contributed by atoms with Crippen molar-refractivity contribution in [2.24, 2.45) is 0 Å². The third-order valence-corrected chi connectivity index (χ3v) is 3.43. The smallest absolute Gasteiger partial charge is 0.310 e. The number of carbonyl (C=O) groups is 1. The number of nitro groups is 1. The Morgan fingerprint density at radius 3 is 2.45 bits per heavy atom. The number of nitro benzene ring substituents is 1. The molecule has 2 aromatic carbocycles. The molecule has 22 heavy (non-hydrogen) atoms. The van der Waals surface area contributed by atoms with Crippen LogP contribution in [0.5, 0.6) is 0 Å². The lowest BCUT2D eigenvalue weighted by atomic mass is 10.1. The highest BCUT2D eigenvalue weighted by Crippen LogP contribution is 2.22. The van der Waals surface area contributed by atoms with Crippen molar-refractivity contribution < 1.29 is 14.5 Å². The lowest BCUT2D eigenvalue weighted by molar-refractivity contribution is -0.385. The van der Waals surface area contributed by atoms with Crippen LogP contribution >= 0.6 is 0 Å². The molecule has 0 amide bonds. The molecule has 0 aromatic heterocycles. The van der Waals surface area contributed by atoms with Gasteiger partial charge in [0.05, 0.1) is 16.9 Å². The Labute approximate surface area is 128 Å². The minimum Gasteiger partial charge on any atom is -0.460 e. The summed E-state index contributed by atoms with van der Waals surface area (Å²) in [5.74, 6) is -0.401. The zero-order chi connectivity index (χ0) is 16.1. The van der Waals surface area contributed by atoms with Gasteiger partial charge in [0.1, 0.15) is 6.61 Å². The van der Waals surface area contributed by atoms with E-state index in [1.165, 1.54) is 6.07 Å². The molecule has 5 nitrogen and oxygen atoms in total. The van der Waals surface area contributed by atoms with E-state index in [9.17, 15) is 14.9 Å². The number of benzene rings is 2. The first kappa shape index (κ1) is 15.7. The van der Waals surface area contributed by atoms with E-state index in [-0.39, 0.29) is 18.7 Å². The van der Waals surface area contributed by atoms with Gasteiger partial charge in [-0.15, -0.1) is 0 Å². The Balaban J connectivity index is 2.02. The SMILES string of the molecule is Cc1ccc(CC(=O)OCc2c(C)cccc2[N+](=O)[O-])cc1. The van der Waals surface area contributed by atoms with Gasteiger partial charge in [0.25, 0.3) is 5.69 Å². The van der Waals surface area contributed by atoms with Gasteiger partial charge in [-0.3, -0.25) is 14.9 Å². The summed E-state index contributed by atoms with van der Waals surface area (Å²) in [5, 5.41) is 11.0. The van der Waals surface area contributed by atoms with E-state index in [4.69, 9.17) is 4.74 Å². The molecule has 0 spiro atoms. The molecule has 0 saturated heterocycles. The summed E-state index contributed by atoms with van der Waals surface area (Å²) in [6.45, 7) is 3.64. The number of aryl methyl sites for hydroxylation is 2. The molecule has 114 valence electrons. The molecular weight excluding hydrogens is 282 g/mol. The van der Waals surface area contributed by atoms with Crippen LogP contribution in [-0.2, 0) is 22.6 Å². The van der Waals surface area contributed by atoms with Crippen molar-refractivity contribution in [1.82, 2.24) is 0 Å². The maximum absolute atomic E-state index is 11.9. The van der Waals surface area contributed by atoms with Crippen LogP contribution < -0.4 is 0 Å². The molecule has 0 fully saturated rings. The third kappa shape index (κ3) is 3.91. The second-order valence-corrected chi connectivity index (χ2v) is 5.15. The molecule has 5 heteroatoms. The van der Waals surface area contributed by atoms with Crippen LogP contribution in [0.4, 0.5) is 5.69 Å². The van der Waals surface area contributed by atoms with Gasteiger partial charge in [0.15, 0.2) is 0 Å². The summed E-state index contributed by atoms with van der Waals surface area (Å²) < 4.78 is 5.19. The van der Waals surface area contributed by atoms with Crippen molar-refractivity contribution in [3.8, 4) is 0 Å². The highest BCUT2D eigenvalue weighted by Gasteiger charge is 2.17. The van der Waals surface area contributed by atoms with Crippen molar-refractivity contribution in [2.75, 3.05) is 0 Å². The molecule has 0 aliphatic heterocycles. The summed E-state index contributed by atoms with van der Waals surface area (Å²) in [5.41, 5.74) is 3.12. The van der Waals surface area contributed by atoms with Gasteiger partial charge in [-0.05, 0) is 25.0 Å². The Morgan fingerprint density at radius 1 is 1.14 bits per heavy atom. The summed E-state index contributed by atoms with van der Waals surface area (Å²) in [6.07, 6.45) is 0.153. The fraction of sp³-hybridized carbons (Fsp3) is 0.235. The minimum absolute atomic E-state index is 0.0249. The second kappa shape index (κ2) is 6.85. The van der Waals surface area contributed by atoms with Crippen LogP contribution in [-0.4, -0.2) is 10.9 Å². The number of rotatable bonds is 5. The molecular formula is C17H17NO4. The number of ether oxygens (including phenoxy) is 1. The van der Waals surface area contributed by atoms with Crippen molar-refractivity contribution in [2.45, 2.75) is 26.9 Å². The first-order chi connectivity index (χ1) is 10.5. The topological polar surface area (TPSA) is 69.4 Å². The average Bonchev–Trinajstić information content (AvgIpc) is 2.48. The van der Waals surface area contributed by atoms with Crippen LogP contribution in [0.3, 0.4) is 0 Å².